The molecule has 0 bridgehead atoms. The molecule has 1 aliphatic heterocycles. The van der Waals surface area contributed by atoms with Gasteiger partial charge in [0.25, 0.3) is 0 Å². The summed E-state index contributed by atoms with van der Waals surface area (Å²) >= 11 is 0. The van der Waals surface area contributed by atoms with Crippen LogP contribution in [-0.4, -0.2) is 23.5 Å². The Morgan fingerprint density at radius 3 is 2.84 bits per heavy atom. The Balaban J connectivity index is 1.95. The topological polar surface area (TPSA) is 53.9 Å². The van der Waals surface area contributed by atoms with Gasteiger partial charge in [-0.05, 0) is 63.6 Å². The minimum atomic E-state index is -0.211. The molecule has 0 unspecified atom stereocenters. The molecule has 4 heteroatoms. The van der Waals surface area contributed by atoms with Crippen molar-refractivity contribution in [2.45, 2.75) is 77.2 Å². The minimum absolute atomic E-state index is 0.211. The van der Waals surface area contributed by atoms with Crippen LogP contribution in [0.5, 0.6) is 11.5 Å². The van der Waals surface area contributed by atoms with E-state index in [1.165, 1.54) is 24.1 Å². The predicted octanol–water partition coefficient (Wildman–Crippen LogP) is 4.76. The molecule has 2 N–H and O–H groups in total. The second-order valence-electron chi connectivity index (χ2n) is 8.05. The van der Waals surface area contributed by atoms with E-state index in [2.05, 4.69) is 37.4 Å². The number of hydrogen-bond acceptors (Lipinski definition) is 4. The van der Waals surface area contributed by atoms with Crippen LogP contribution >= 0.6 is 0 Å². The van der Waals surface area contributed by atoms with E-state index in [1.807, 2.05) is 13.1 Å². The molecule has 138 valence electrons. The zero-order chi connectivity index (χ0) is 18.0. The Kier molecular flexibility index (Phi) is 5.26. The van der Waals surface area contributed by atoms with Gasteiger partial charge in [0.05, 0.1) is 0 Å². The molecule has 1 saturated carbocycles. The molecule has 4 nitrogen and oxygen atoms in total. The SMILES string of the molecule is CNN=C1CC[C@@H]2[C@@H](C1)c1c(O)cc(CCCC[13CH3])cc1OC2(C)C. The Labute approximate surface area is 151 Å². The summed E-state index contributed by atoms with van der Waals surface area (Å²) in [5, 5.41) is 15.2. The number of aryl methyl sites for hydroxylation is 1. The number of phenolic OH excluding ortho intramolecular Hbond substituents is 1. The van der Waals surface area contributed by atoms with E-state index >= 15 is 0 Å². The van der Waals surface area contributed by atoms with Crippen LogP contribution in [0.1, 0.15) is 76.3 Å². The van der Waals surface area contributed by atoms with Crippen LogP contribution in [0.4, 0.5) is 0 Å². The number of hydrogen-bond donors (Lipinski definition) is 2. The molecule has 0 aromatic heterocycles. The van der Waals surface area contributed by atoms with Crippen LogP contribution in [0.15, 0.2) is 17.2 Å². The summed E-state index contributed by atoms with van der Waals surface area (Å²) in [5.74, 6) is 1.97. The lowest BCUT2D eigenvalue weighted by molar-refractivity contribution is 0.00326. The van der Waals surface area contributed by atoms with Gasteiger partial charge in [0.2, 0.25) is 0 Å². The number of hydrazone groups is 1. The van der Waals surface area contributed by atoms with Gasteiger partial charge in [-0.2, -0.15) is 5.10 Å². The van der Waals surface area contributed by atoms with Crippen LogP contribution < -0.4 is 10.2 Å². The van der Waals surface area contributed by atoms with Crippen molar-refractivity contribution in [3.05, 3.63) is 23.3 Å². The third-order valence-corrected chi connectivity index (χ3v) is 5.84. The maximum absolute atomic E-state index is 10.8. The summed E-state index contributed by atoms with van der Waals surface area (Å²) in [6.45, 7) is 6.59. The van der Waals surface area contributed by atoms with Crippen LogP contribution in [0.3, 0.4) is 0 Å². The summed E-state index contributed by atoms with van der Waals surface area (Å²) < 4.78 is 6.40. The number of fused-ring (bicyclic) bond motifs is 3. The molecular formula is C21H32N2O2. The van der Waals surface area contributed by atoms with E-state index < -0.39 is 0 Å². The smallest absolute Gasteiger partial charge is 0.127 e. The lowest BCUT2D eigenvalue weighted by Crippen LogP contribution is -2.47. The molecule has 0 spiro atoms. The average molecular weight is 345 g/mol. The third-order valence-electron chi connectivity index (χ3n) is 5.84. The van der Waals surface area contributed by atoms with Gasteiger partial charge in [-0.3, -0.25) is 0 Å². The standard InChI is InChI=1S/C21H32N2O2/c1-5-6-7-8-14-11-18(24)20-16-13-15(23-22-4)9-10-17(16)21(2,3)25-19(20)12-14/h11-12,16-17,22,24H,5-10,13H2,1-4H3/t16-,17-/m1/s1/i1+1. The molecular weight excluding hydrogens is 313 g/mol. The summed E-state index contributed by atoms with van der Waals surface area (Å²) in [6.07, 6.45) is 7.53. The first-order chi connectivity index (χ1) is 12.0. The lowest BCUT2D eigenvalue weighted by Gasteiger charge is -2.47. The molecule has 1 aromatic carbocycles. The van der Waals surface area contributed by atoms with Crippen molar-refractivity contribution >= 4 is 5.71 Å². The van der Waals surface area contributed by atoms with Gasteiger partial charge in [-0.15, -0.1) is 0 Å². The number of benzene rings is 1. The Hall–Kier alpha value is -1.71. The number of ether oxygens (including phenoxy) is 1. The normalized spacial score (nSPS) is 25.8. The fraction of sp³-hybridized carbons (Fsp3) is 0.667. The van der Waals surface area contributed by atoms with Crippen molar-refractivity contribution in [3.63, 3.8) is 0 Å². The number of aromatic hydroxyl groups is 1. The maximum Gasteiger partial charge on any atom is 0.127 e. The fourth-order valence-electron chi connectivity index (χ4n) is 4.62. The summed E-state index contributed by atoms with van der Waals surface area (Å²) in [6, 6.07) is 4.11. The number of nitrogens with zero attached hydrogens (tertiary/aromatic N) is 1. The molecule has 0 amide bonds. The number of phenols is 1. The van der Waals surface area contributed by atoms with Crippen molar-refractivity contribution in [2.24, 2.45) is 11.0 Å². The van der Waals surface area contributed by atoms with E-state index in [-0.39, 0.29) is 11.5 Å². The molecule has 1 fully saturated rings. The van der Waals surface area contributed by atoms with Crippen molar-refractivity contribution < 1.29 is 9.84 Å². The first-order valence-corrected chi connectivity index (χ1v) is 9.73. The van der Waals surface area contributed by atoms with Gasteiger partial charge < -0.3 is 15.3 Å². The van der Waals surface area contributed by atoms with Gasteiger partial charge in [-0.1, -0.05) is 19.8 Å². The Morgan fingerprint density at radius 2 is 2.12 bits per heavy atom. The second kappa shape index (κ2) is 7.27. The summed E-state index contributed by atoms with van der Waals surface area (Å²) in [5.41, 5.74) is 6.08. The molecule has 1 aromatic rings. The third kappa shape index (κ3) is 3.63. The van der Waals surface area contributed by atoms with Gasteiger partial charge in [-0.25, -0.2) is 0 Å². The predicted molar refractivity (Wildman–Crippen MR) is 103 cm³/mol. The monoisotopic (exact) mass is 345 g/mol. The summed E-state index contributed by atoms with van der Waals surface area (Å²) in [4.78, 5) is 0. The highest BCUT2D eigenvalue weighted by atomic mass is 16.5. The van der Waals surface area contributed by atoms with Gasteiger partial charge >= 0.3 is 0 Å². The number of rotatable bonds is 5. The highest BCUT2D eigenvalue weighted by Crippen LogP contribution is 2.53. The molecule has 2 atom stereocenters. The number of nitrogens with one attached hydrogen (secondary N) is 1. The zero-order valence-electron chi connectivity index (χ0n) is 16.1. The minimum Gasteiger partial charge on any atom is -0.508 e. The molecule has 0 radical (unpaired) electrons. The van der Waals surface area contributed by atoms with Gasteiger partial charge in [0.1, 0.15) is 17.1 Å². The number of unbranched alkanes of at least 4 members (excludes halogenated alkanes) is 2. The van der Waals surface area contributed by atoms with Crippen molar-refractivity contribution in [1.82, 2.24) is 5.43 Å². The molecule has 2 aliphatic rings. The second-order valence-corrected chi connectivity index (χ2v) is 8.05. The van der Waals surface area contributed by atoms with Crippen molar-refractivity contribution in [3.8, 4) is 11.5 Å². The molecule has 1 heterocycles. The summed E-state index contributed by atoms with van der Waals surface area (Å²) in [7, 11) is 1.85. The molecule has 3 rings (SSSR count). The van der Waals surface area contributed by atoms with E-state index in [0.29, 0.717) is 11.7 Å². The van der Waals surface area contributed by atoms with Crippen molar-refractivity contribution in [1.29, 1.82) is 0 Å². The van der Waals surface area contributed by atoms with E-state index in [1.54, 1.807) is 0 Å². The lowest BCUT2D eigenvalue weighted by atomic mass is 9.66. The van der Waals surface area contributed by atoms with Gasteiger partial charge in [0.15, 0.2) is 0 Å². The quantitative estimate of drug-likeness (QED) is 0.460. The molecule has 25 heavy (non-hydrogen) atoms. The van der Waals surface area contributed by atoms with Crippen LogP contribution in [0.25, 0.3) is 0 Å². The van der Waals surface area contributed by atoms with Gasteiger partial charge in [0, 0.05) is 30.2 Å². The maximum atomic E-state index is 10.8. The van der Waals surface area contributed by atoms with Crippen LogP contribution in [-0.2, 0) is 6.42 Å². The van der Waals surface area contributed by atoms with Crippen molar-refractivity contribution in [2.75, 3.05) is 7.05 Å². The Morgan fingerprint density at radius 1 is 1.32 bits per heavy atom. The van der Waals surface area contributed by atoms with E-state index in [0.717, 1.165) is 43.4 Å². The molecule has 1 aliphatic carbocycles. The molecule has 0 saturated heterocycles. The fourth-order valence-corrected chi connectivity index (χ4v) is 4.62. The first-order valence-electron chi connectivity index (χ1n) is 9.73. The Bertz CT molecular complexity index is 652. The van der Waals surface area contributed by atoms with E-state index in [4.69, 9.17) is 4.74 Å². The average Bonchev–Trinajstić information content (AvgIpc) is 2.54. The largest absolute Gasteiger partial charge is 0.508 e. The van der Waals surface area contributed by atoms with Crippen LogP contribution in [0, 0.1) is 5.92 Å². The first kappa shape index (κ1) is 18.1. The van der Waals surface area contributed by atoms with Crippen LogP contribution in [0.2, 0.25) is 0 Å². The van der Waals surface area contributed by atoms with E-state index in [9.17, 15) is 5.11 Å². The highest BCUT2D eigenvalue weighted by molar-refractivity contribution is 5.86. The highest BCUT2D eigenvalue weighted by Gasteiger charge is 2.47. The zero-order valence-corrected chi connectivity index (χ0v) is 16.1.